The predicted octanol–water partition coefficient (Wildman–Crippen LogP) is 2.08. The number of hydrogen-bond acceptors (Lipinski definition) is 3. The van der Waals surface area contributed by atoms with Gasteiger partial charge in [-0.3, -0.25) is 9.20 Å². The fourth-order valence-corrected chi connectivity index (χ4v) is 2.80. The summed E-state index contributed by atoms with van der Waals surface area (Å²) < 4.78 is 15.6. The second kappa shape index (κ2) is 5.61. The molecule has 2 N–H and O–H groups in total. The number of aromatic nitrogens is 2. The molecule has 0 saturated carbocycles. The average molecular weight is 311 g/mol. The van der Waals surface area contributed by atoms with Crippen LogP contribution in [-0.4, -0.2) is 39.3 Å². The van der Waals surface area contributed by atoms with Crippen LogP contribution < -0.4 is 5.73 Å². The van der Waals surface area contributed by atoms with E-state index in [1.54, 1.807) is 17.0 Å². The standard InChI is InChI=1S/C14H16ClFN4O/c15-9-4-5-11-18-12(13(16)20(11)7-9)14(21)19-6-2-1-3-10(17)8-19/h4-5,7,10H,1-3,6,8,17H2/t10-/m0/s1. The average Bonchev–Trinajstić information content (AvgIpc) is 2.64. The Hall–Kier alpha value is -1.66. The first-order chi connectivity index (χ1) is 10.1. The van der Waals surface area contributed by atoms with Gasteiger partial charge in [-0.2, -0.15) is 4.39 Å². The summed E-state index contributed by atoms with van der Waals surface area (Å²) in [4.78, 5) is 18.2. The number of nitrogens with zero attached hydrogens (tertiary/aromatic N) is 3. The smallest absolute Gasteiger partial charge is 0.277 e. The summed E-state index contributed by atoms with van der Waals surface area (Å²) in [6, 6.07) is 3.13. The number of carbonyl (C=O) groups excluding carboxylic acids is 1. The normalized spacial score (nSPS) is 19.8. The fraction of sp³-hybridized carbons (Fsp3) is 0.429. The van der Waals surface area contributed by atoms with E-state index < -0.39 is 11.9 Å². The second-order valence-electron chi connectivity index (χ2n) is 5.33. The van der Waals surface area contributed by atoms with Gasteiger partial charge < -0.3 is 10.6 Å². The molecule has 0 bridgehead atoms. The van der Waals surface area contributed by atoms with Crippen molar-refractivity contribution < 1.29 is 9.18 Å². The molecule has 3 heterocycles. The Bertz CT molecular complexity index is 687. The van der Waals surface area contributed by atoms with Gasteiger partial charge in [-0.1, -0.05) is 18.0 Å². The van der Waals surface area contributed by atoms with E-state index >= 15 is 0 Å². The number of hydrogen-bond donors (Lipinski definition) is 1. The molecule has 5 nitrogen and oxygen atoms in total. The van der Waals surface area contributed by atoms with Crippen molar-refractivity contribution in [1.82, 2.24) is 14.3 Å². The quantitative estimate of drug-likeness (QED) is 0.877. The summed E-state index contributed by atoms with van der Waals surface area (Å²) >= 11 is 5.84. The Kier molecular flexibility index (Phi) is 3.82. The first-order valence-corrected chi connectivity index (χ1v) is 7.32. The van der Waals surface area contributed by atoms with Crippen molar-refractivity contribution in [2.75, 3.05) is 13.1 Å². The SMILES string of the molecule is N[C@H]1CCCCN(C(=O)c2nc3ccc(Cl)cn3c2F)C1. The minimum atomic E-state index is -0.685. The zero-order chi connectivity index (χ0) is 15.0. The molecular formula is C14H16ClFN4O. The summed E-state index contributed by atoms with van der Waals surface area (Å²) in [5.41, 5.74) is 6.13. The molecule has 2 aromatic rings. The van der Waals surface area contributed by atoms with Crippen LogP contribution in [0.4, 0.5) is 4.39 Å². The van der Waals surface area contributed by atoms with E-state index in [2.05, 4.69) is 4.98 Å². The van der Waals surface area contributed by atoms with Crippen molar-refractivity contribution in [3.8, 4) is 0 Å². The van der Waals surface area contributed by atoms with Crippen LogP contribution in [-0.2, 0) is 0 Å². The maximum Gasteiger partial charge on any atom is 0.277 e. The lowest BCUT2D eigenvalue weighted by molar-refractivity contribution is 0.0744. The summed E-state index contributed by atoms with van der Waals surface area (Å²) in [5.74, 6) is -1.10. The molecule has 21 heavy (non-hydrogen) atoms. The molecular weight excluding hydrogens is 295 g/mol. The molecule has 0 spiro atoms. The van der Waals surface area contributed by atoms with E-state index in [0.717, 1.165) is 19.3 Å². The van der Waals surface area contributed by atoms with Crippen LogP contribution in [0.15, 0.2) is 18.3 Å². The predicted molar refractivity (Wildman–Crippen MR) is 77.9 cm³/mol. The highest BCUT2D eigenvalue weighted by atomic mass is 35.5. The van der Waals surface area contributed by atoms with E-state index in [1.807, 2.05) is 0 Å². The number of pyridine rings is 1. The van der Waals surface area contributed by atoms with Crippen molar-refractivity contribution >= 4 is 23.2 Å². The van der Waals surface area contributed by atoms with Crippen LogP contribution in [0, 0.1) is 5.95 Å². The van der Waals surface area contributed by atoms with E-state index in [9.17, 15) is 9.18 Å². The number of fused-ring (bicyclic) bond motifs is 1. The van der Waals surface area contributed by atoms with Crippen molar-refractivity contribution in [1.29, 1.82) is 0 Å². The van der Waals surface area contributed by atoms with Gasteiger partial charge in [0.1, 0.15) is 5.65 Å². The summed E-state index contributed by atoms with van der Waals surface area (Å²) in [6.45, 7) is 1.02. The lowest BCUT2D eigenvalue weighted by atomic mass is 10.2. The van der Waals surface area contributed by atoms with Gasteiger partial charge in [-0.25, -0.2) is 4.98 Å². The Labute approximate surface area is 126 Å². The molecule has 1 saturated heterocycles. The van der Waals surface area contributed by atoms with E-state index in [1.165, 1.54) is 10.6 Å². The fourth-order valence-electron chi connectivity index (χ4n) is 2.64. The lowest BCUT2D eigenvalue weighted by Gasteiger charge is -2.21. The molecule has 3 rings (SSSR count). The van der Waals surface area contributed by atoms with E-state index in [4.69, 9.17) is 17.3 Å². The zero-order valence-electron chi connectivity index (χ0n) is 11.4. The second-order valence-corrected chi connectivity index (χ2v) is 5.77. The molecule has 1 aliphatic heterocycles. The first-order valence-electron chi connectivity index (χ1n) is 6.94. The van der Waals surface area contributed by atoms with Crippen LogP contribution in [0.1, 0.15) is 29.8 Å². The van der Waals surface area contributed by atoms with Gasteiger partial charge in [0.15, 0.2) is 5.69 Å². The highest BCUT2D eigenvalue weighted by Crippen LogP contribution is 2.18. The van der Waals surface area contributed by atoms with Crippen LogP contribution >= 0.6 is 11.6 Å². The van der Waals surface area contributed by atoms with Gasteiger partial charge in [0, 0.05) is 25.3 Å². The Balaban J connectivity index is 1.95. The Morgan fingerprint density at radius 3 is 3.05 bits per heavy atom. The minimum Gasteiger partial charge on any atom is -0.336 e. The number of amides is 1. The van der Waals surface area contributed by atoms with Crippen molar-refractivity contribution in [3.63, 3.8) is 0 Å². The molecule has 0 radical (unpaired) electrons. The largest absolute Gasteiger partial charge is 0.336 e. The highest BCUT2D eigenvalue weighted by Gasteiger charge is 2.26. The first kappa shape index (κ1) is 14.3. The topological polar surface area (TPSA) is 63.6 Å². The van der Waals surface area contributed by atoms with Gasteiger partial charge in [0.25, 0.3) is 5.91 Å². The third-order valence-electron chi connectivity index (χ3n) is 3.72. The molecule has 112 valence electrons. The molecule has 0 aliphatic carbocycles. The maximum atomic E-state index is 14.4. The molecule has 1 aliphatic rings. The molecule has 2 aromatic heterocycles. The molecule has 1 amide bonds. The summed E-state index contributed by atoms with van der Waals surface area (Å²) in [7, 11) is 0. The molecule has 0 unspecified atom stereocenters. The van der Waals surface area contributed by atoms with Crippen molar-refractivity contribution in [2.45, 2.75) is 25.3 Å². The molecule has 1 fully saturated rings. The highest BCUT2D eigenvalue weighted by molar-refractivity contribution is 6.30. The number of halogens is 2. The van der Waals surface area contributed by atoms with Crippen LogP contribution in [0.2, 0.25) is 5.02 Å². The van der Waals surface area contributed by atoms with Gasteiger partial charge in [-0.05, 0) is 25.0 Å². The van der Waals surface area contributed by atoms with Crippen LogP contribution in [0.5, 0.6) is 0 Å². The van der Waals surface area contributed by atoms with Crippen molar-refractivity contribution in [2.24, 2.45) is 5.73 Å². The van der Waals surface area contributed by atoms with Gasteiger partial charge >= 0.3 is 0 Å². The maximum absolute atomic E-state index is 14.4. The van der Waals surface area contributed by atoms with Gasteiger partial charge in [0.05, 0.1) is 5.02 Å². The minimum absolute atomic E-state index is 0.0639. The Morgan fingerprint density at radius 2 is 2.24 bits per heavy atom. The van der Waals surface area contributed by atoms with Gasteiger partial charge in [-0.15, -0.1) is 0 Å². The van der Waals surface area contributed by atoms with Gasteiger partial charge in [0.2, 0.25) is 5.95 Å². The van der Waals surface area contributed by atoms with E-state index in [-0.39, 0.29) is 11.7 Å². The molecule has 1 atom stereocenters. The monoisotopic (exact) mass is 310 g/mol. The number of likely N-dealkylation sites (tertiary alicyclic amines) is 1. The zero-order valence-corrected chi connectivity index (χ0v) is 12.2. The molecule has 7 heteroatoms. The number of nitrogens with two attached hydrogens (primary N) is 1. The lowest BCUT2D eigenvalue weighted by Crippen LogP contribution is -2.40. The molecule has 0 aromatic carbocycles. The third kappa shape index (κ3) is 2.73. The Morgan fingerprint density at radius 1 is 1.43 bits per heavy atom. The van der Waals surface area contributed by atoms with Crippen LogP contribution in [0.3, 0.4) is 0 Å². The number of rotatable bonds is 1. The summed E-state index contributed by atoms with van der Waals surface area (Å²) in [6.07, 6.45) is 4.14. The number of imidazole rings is 1. The third-order valence-corrected chi connectivity index (χ3v) is 3.95. The summed E-state index contributed by atoms with van der Waals surface area (Å²) in [5, 5.41) is 0.384. The van der Waals surface area contributed by atoms with E-state index in [0.29, 0.717) is 23.8 Å². The van der Waals surface area contributed by atoms with Crippen LogP contribution in [0.25, 0.3) is 5.65 Å². The number of carbonyl (C=O) groups is 1. The van der Waals surface area contributed by atoms with Crippen molar-refractivity contribution in [3.05, 3.63) is 35.0 Å².